The standard InChI is InChI=1S/C11H19BrF3NO/c1-10(2)4-3-9(17-10)7-16(6-5-12)8-11(13,14)15/h9H,3-8H2,1-2H3. The molecule has 0 aromatic heterocycles. The second kappa shape index (κ2) is 5.89. The minimum absolute atomic E-state index is 0.0774. The van der Waals surface area contributed by atoms with Gasteiger partial charge in [0.25, 0.3) is 0 Å². The van der Waals surface area contributed by atoms with E-state index < -0.39 is 12.7 Å². The highest BCUT2D eigenvalue weighted by Crippen LogP contribution is 2.30. The van der Waals surface area contributed by atoms with E-state index in [9.17, 15) is 13.2 Å². The van der Waals surface area contributed by atoms with Gasteiger partial charge in [0.1, 0.15) is 0 Å². The van der Waals surface area contributed by atoms with Crippen LogP contribution in [0.5, 0.6) is 0 Å². The fourth-order valence-electron chi connectivity index (χ4n) is 2.10. The van der Waals surface area contributed by atoms with Crippen LogP contribution in [0, 0.1) is 0 Å². The summed E-state index contributed by atoms with van der Waals surface area (Å²) in [5.74, 6) is 0. The van der Waals surface area contributed by atoms with Crippen molar-refractivity contribution in [3.63, 3.8) is 0 Å². The van der Waals surface area contributed by atoms with Crippen LogP contribution in [0.25, 0.3) is 0 Å². The summed E-state index contributed by atoms with van der Waals surface area (Å²) in [5.41, 5.74) is -0.191. The maximum Gasteiger partial charge on any atom is 0.401 e. The molecule has 0 radical (unpaired) electrons. The van der Waals surface area contributed by atoms with E-state index in [1.165, 1.54) is 4.90 Å². The van der Waals surface area contributed by atoms with E-state index in [0.29, 0.717) is 18.4 Å². The zero-order chi connectivity index (χ0) is 13.1. The highest BCUT2D eigenvalue weighted by atomic mass is 79.9. The van der Waals surface area contributed by atoms with Crippen molar-refractivity contribution >= 4 is 15.9 Å². The molecule has 1 atom stereocenters. The lowest BCUT2D eigenvalue weighted by atomic mass is 10.1. The van der Waals surface area contributed by atoms with Crippen molar-refractivity contribution in [1.29, 1.82) is 0 Å². The minimum Gasteiger partial charge on any atom is -0.371 e. The average Bonchev–Trinajstić information content (AvgIpc) is 2.42. The molecule has 0 amide bonds. The Kier molecular flexibility index (Phi) is 5.28. The minimum atomic E-state index is -4.14. The second-order valence-electron chi connectivity index (χ2n) is 5.08. The third-order valence-corrected chi connectivity index (χ3v) is 3.17. The van der Waals surface area contributed by atoms with Gasteiger partial charge in [0, 0.05) is 18.4 Å². The van der Waals surface area contributed by atoms with Crippen molar-refractivity contribution in [2.24, 2.45) is 0 Å². The van der Waals surface area contributed by atoms with Crippen molar-refractivity contribution in [3.05, 3.63) is 0 Å². The van der Waals surface area contributed by atoms with Crippen LogP contribution in [-0.4, -0.2) is 47.7 Å². The van der Waals surface area contributed by atoms with Crippen LogP contribution in [0.1, 0.15) is 26.7 Å². The van der Waals surface area contributed by atoms with E-state index >= 15 is 0 Å². The summed E-state index contributed by atoms with van der Waals surface area (Å²) >= 11 is 3.18. The first-order valence-electron chi connectivity index (χ1n) is 5.75. The van der Waals surface area contributed by atoms with E-state index in [2.05, 4.69) is 15.9 Å². The predicted octanol–water partition coefficient (Wildman–Crippen LogP) is 3.20. The van der Waals surface area contributed by atoms with Gasteiger partial charge in [-0.3, -0.25) is 4.90 Å². The summed E-state index contributed by atoms with van der Waals surface area (Å²) in [7, 11) is 0. The van der Waals surface area contributed by atoms with Crippen molar-refractivity contribution in [2.75, 3.05) is 25.0 Å². The third-order valence-electron chi connectivity index (χ3n) is 2.82. The van der Waals surface area contributed by atoms with Gasteiger partial charge in [-0.15, -0.1) is 0 Å². The van der Waals surface area contributed by atoms with Gasteiger partial charge in [0.05, 0.1) is 18.2 Å². The average molecular weight is 318 g/mol. The Morgan fingerprint density at radius 2 is 2.06 bits per heavy atom. The molecule has 1 fully saturated rings. The molecule has 6 heteroatoms. The van der Waals surface area contributed by atoms with E-state index in [-0.39, 0.29) is 11.7 Å². The van der Waals surface area contributed by atoms with Gasteiger partial charge in [-0.1, -0.05) is 15.9 Å². The monoisotopic (exact) mass is 317 g/mol. The summed E-state index contributed by atoms with van der Waals surface area (Å²) in [5, 5.41) is 0.541. The summed E-state index contributed by atoms with van der Waals surface area (Å²) in [6, 6.07) is 0. The molecule has 1 heterocycles. The fraction of sp³-hybridized carbons (Fsp3) is 1.00. The normalized spacial score (nSPS) is 24.5. The molecule has 0 aromatic carbocycles. The van der Waals surface area contributed by atoms with Gasteiger partial charge in [0.2, 0.25) is 0 Å². The molecule has 0 bridgehead atoms. The van der Waals surface area contributed by atoms with Gasteiger partial charge >= 0.3 is 6.18 Å². The summed E-state index contributed by atoms with van der Waals surface area (Å²) in [4.78, 5) is 1.40. The van der Waals surface area contributed by atoms with Crippen LogP contribution in [0.15, 0.2) is 0 Å². The summed E-state index contributed by atoms with van der Waals surface area (Å²) in [6.07, 6.45) is -2.47. The van der Waals surface area contributed by atoms with Crippen LogP contribution in [0.2, 0.25) is 0 Å². The molecular weight excluding hydrogens is 299 g/mol. The van der Waals surface area contributed by atoms with Gasteiger partial charge in [-0.05, 0) is 26.7 Å². The largest absolute Gasteiger partial charge is 0.401 e. The summed E-state index contributed by atoms with van der Waals surface area (Å²) < 4.78 is 42.8. The van der Waals surface area contributed by atoms with E-state index in [1.807, 2.05) is 13.8 Å². The molecule has 1 aliphatic heterocycles. The van der Waals surface area contributed by atoms with Crippen molar-refractivity contribution in [1.82, 2.24) is 4.90 Å². The van der Waals surface area contributed by atoms with Crippen molar-refractivity contribution in [3.8, 4) is 0 Å². The van der Waals surface area contributed by atoms with Crippen LogP contribution < -0.4 is 0 Å². The number of hydrogen-bond acceptors (Lipinski definition) is 2. The highest BCUT2D eigenvalue weighted by Gasteiger charge is 2.35. The Labute approximate surface area is 109 Å². The first kappa shape index (κ1) is 15.2. The van der Waals surface area contributed by atoms with E-state index in [4.69, 9.17) is 4.74 Å². The molecule has 17 heavy (non-hydrogen) atoms. The van der Waals surface area contributed by atoms with Gasteiger partial charge in [-0.25, -0.2) is 0 Å². The maximum absolute atomic E-state index is 12.4. The lowest BCUT2D eigenvalue weighted by Gasteiger charge is -2.27. The third kappa shape index (κ3) is 6.06. The maximum atomic E-state index is 12.4. The fourth-order valence-corrected chi connectivity index (χ4v) is 2.60. The van der Waals surface area contributed by atoms with E-state index in [1.54, 1.807) is 0 Å². The molecule has 0 spiro atoms. The number of halogens is 4. The molecule has 0 N–H and O–H groups in total. The highest BCUT2D eigenvalue weighted by molar-refractivity contribution is 9.09. The molecule has 0 aromatic rings. The Bertz CT molecular complexity index is 245. The Balaban J connectivity index is 2.44. The topological polar surface area (TPSA) is 12.5 Å². The van der Waals surface area contributed by atoms with Crippen molar-refractivity contribution in [2.45, 2.75) is 44.6 Å². The summed E-state index contributed by atoms with van der Waals surface area (Å²) in [6.45, 7) is 3.84. The molecule has 102 valence electrons. The van der Waals surface area contributed by atoms with E-state index in [0.717, 1.165) is 12.8 Å². The SMILES string of the molecule is CC1(C)CCC(CN(CCBr)CC(F)(F)F)O1. The number of alkyl halides is 4. The molecule has 1 unspecified atom stereocenters. The molecule has 0 aliphatic carbocycles. The molecular formula is C11H19BrF3NO. The number of hydrogen-bond donors (Lipinski definition) is 0. The number of rotatable bonds is 5. The Hall–Kier alpha value is 0.190. The first-order chi connectivity index (χ1) is 7.72. The van der Waals surface area contributed by atoms with Gasteiger partial charge in [-0.2, -0.15) is 13.2 Å². The van der Waals surface area contributed by atoms with Crippen LogP contribution >= 0.6 is 15.9 Å². The van der Waals surface area contributed by atoms with Crippen LogP contribution in [0.4, 0.5) is 13.2 Å². The number of nitrogens with zero attached hydrogens (tertiary/aromatic N) is 1. The second-order valence-corrected chi connectivity index (χ2v) is 5.87. The lowest BCUT2D eigenvalue weighted by Crippen LogP contribution is -2.40. The Morgan fingerprint density at radius 3 is 2.47 bits per heavy atom. The first-order valence-corrected chi connectivity index (χ1v) is 6.87. The van der Waals surface area contributed by atoms with Gasteiger partial charge < -0.3 is 4.74 Å². The smallest absolute Gasteiger partial charge is 0.371 e. The van der Waals surface area contributed by atoms with Gasteiger partial charge in [0.15, 0.2) is 0 Å². The molecule has 1 rings (SSSR count). The molecule has 0 saturated carbocycles. The lowest BCUT2D eigenvalue weighted by molar-refractivity contribution is -0.149. The zero-order valence-electron chi connectivity index (χ0n) is 10.2. The molecule has 1 aliphatic rings. The van der Waals surface area contributed by atoms with Crippen LogP contribution in [0.3, 0.4) is 0 Å². The predicted molar refractivity (Wildman–Crippen MR) is 64.5 cm³/mol. The number of ether oxygens (including phenoxy) is 1. The Morgan fingerprint density at radius 1 is 1.41 bits per heavy atom. The van der Waals surface area contributed by atoms with Crippen molar-refractivity contribution < 1.29 is 17.9 Å². The quantitative estimate of drug-likeness (QED) is 0.722. The zero-order valence-corrected chi connectivity index (χ0v) is 11.8. The molecule has 2 nitrogen and oxygen atoms in total. The van der Waals surface area contributed by atoms with Crippen LogP contribution in [-0.2, 0) is 4.74 Å². The molecule has 1 saturated heterocycles.